The minimum atomic E-state index is -0.171. The van der Waals surface area contributed by atoms with E-state index < -0.39 is 0 Å². The van der Waals surface area contributed by atoms with Crippen molar-refractivity contribution in [1.29, 1.82) is 0 Å². The predicted molar refractivity (Wildman–Crippen MR) is 99.2 cm³/mol. The molecule has 0 saturated carbocycles. The lowest BCUT2D eigenvalue weighted by Crippen LogP contribution is -2.42. The van der Waals surface area contributed by atoms with Crippen LogP contribution in [0.3, 0.4) is 0 Å². The number of aromatic nitrogens is 1. The van der Waals surface area contributed by atoms with Crippen LogP contribution in [0.5, 0.6) is 5.75 Å². The molecule has 3 rings (SSSR count). The van der Waals surface area contributed by atoms with Gasteiger partial charge in [0.2, 0.25) is 11.8 Å². The van der Waals surface area contributed by atoms with Crippen LogP contribution in [-0.4, -0.2) is 29.4 Å². The highest BCUT2D eigenvalue weighted by molar-refractivity contribution is 6.31. The number of hydrogen-bond acceptors (Lipinski definition) is 4. The summed E-state index contributed by atoms with van der Waals surface area (Å²) >= 11 is 6.05. The van der Waals surface area contributed by atoms with Gasteiger partial charge in [0.1, 0.15) is 11.9 Å². The van der Waals surface area contributed by atoms with Gasteiger partial charge < -0.3 is 15.0 Å². The summed E-state index contributed by atoms with van der Waals surface area (Å²) < 4.78 is 5.74. The van der Waals surface area contributed by atoms with Gasteiger partial charge in [-0.1, -0.05) is 17.7 Å². The molecule has 0 spiro atoms. The molecule has 0 bridgehead atoms. The Labute approximate surface area is 157 Å². The first kappa shape index (κ1) is 18.2. The number of rotatable bonds is 5. The van der Waals surface area contributed by atoms with Crippen LogP contribution in [0.15, 0.2) is 42.7 Å². The van der Waals surface area contributed by atoms with Gasteiger partial charge in [-0.15, -0.1) is 0 Å². The molecular weight excluding hydrogens is 354 g/mol. The normalized spacial score (nSPS) is 15.8. The number of nitrogens with zero attached hydrogens (tertiary/aromatic N) is 2. The van der Waals surface area contributed by atoms with Crippen molar-refractivity contribution >= 4 is 29.1 Å². The van der Waals surface area contributed by atoms with Gasteiger partial charge in [0.05, 0.1) is 12.2 Å². The van der Waals surface area contributed by atoms with E-state index in [0.717, 1.165) is 5.56 Å². The molecule has 1 aromatic carbocycles. The van der Waals surface area contributed by atoms with Crippen molar-refractivity contribution in [2.24, 2.45) is 0 Å². The van der Waals surface area contributed by atoms with E-state index in [9.17, 15) is 9.59 Å². The molecule has 0 fully saturated rings. The van der Waals surface area contributed by atoms with E-state index in [1.807, 2.05) is 19.1 Å². The number of fused-ring (bicyclic) bond motifs is 1. The summed E-state index contributed by atoms with van der Waals surface area (Å²) in [7, 11) is 0. The molecule has 2 heterocycles. The second-order valence-corrected chi connectivity index (χ2v) is 6.62. The maximum Gasteiger partial charge on any atom is 0.227 e. The molecule has 2 aromatic rings. The monoisotopic (exact) mass is 373 g/mol. The standard InChI is InChI=1S/C19H20ClN3O3/c1-13-12-23(16-9-15(20)4-5-17(16)26-13)19(25)7-6-18(24)22-11-14-3-2-8-21-10-14/h2-5,8-10,13H,6-7,11-12H2,1H3,(H,22,24)/t13-/m1/s1. The Morgan fingerprint density at radius 1 is 1.35 bits per heavy atom. The van der Waals surface area contributed by atoms with Crippen LogP contribution in [-0.2, 0) is 16.1 Å². The minimum absolute atomic E-state index is 0.118. The number of carbonyl (C=O) groups is 2. The van der Waals surface area contributed by atoms with Crippen LogP contribution in [0, 0.1) is 0 Å². The van der Waals surface area contributed by atoms with E-state index in [4.69, 9.17) is 16.3 Å². The lowest BCUT2D eigenvalue weighted by Gasteiger charge is -2.33. The molecule has 0 saturated heterocycles. The van der Waals surface area contributed by atoms with Gasteiger partial charge in [-0.2, -0.15) is 0 Å². The van der Waals surface area contributed by atoms with E-state index in [-0.39, 0.29) is 30.8 Å². The number of ether oxygens (including phenoxy) is 1. The third-order valence-electron chi connectivity index (χ3n) is 4.06. The van der Waals surface area contributed by atoms with Crippen LogP contribution in [0.4, 0.5) is 5.69 Å². The highest BCUT2D eigenvalue weighted by atomic mass is 35.5. The van der Waals surface area contributed by atoms with E-state index in [1.54, 1.807) is 35.5 Å². The maximum absolute atomic E-state index is 12.6. The molecule has 1 aromatic heterocycles. The maximum atomic E-state index is 12.6. The second-order valence-electron chi connectivity index (χ2n) is 6.18. The smallest absolute Gasteiger partial charge is 0.227 e. The first-order valence-corrected chi connectivity index (χ1v) is 8.83. The fourth-order valence-corrected chi connectivity index (χ4v) is 2.96. The van der Waals surface area contributed by atoms with Gasteiger partial charge in [-0.05, 0) is 36.8 Å². The zero-order valence-corrected chi connectivity index (χ0v) is 15.2. The van der Waals surface area contributed by atoms with E-state index in [1.165, 1.54) is 0 Å². The molecule has 1 N–H and O–H groups in total. The molecular formula is C19H20ClN3O3. The van der Waals surface area contributed by atoms with Crippen LogP contribution >= 0.6 is 11.6 Å². The van der Waals surface area contributed by atoms with Crippen LogP contribution < -0.4 is 15.0 Å². The number of hydrogen-bond donors (Lipinski definition) is 1. The average molecular weight is 374 g/mol. The molecule has 1 atom stereocenters. The average Bonchev–Trinajstić information content (AvgIpc) is 2.65. The molecule has 2 amide bonds. The quantitative estimate of drug-likeness (QED) is 0.874. The number of benzene rings is 1. The summed E-state index contributed by atoms with van der Waals surface area (Å²) in [6, 6.07) is 8.89. The SMILES string of the molecule is C[C@@H]1CN(C(=O)CCC(=O)NCc2cccnc2)c2cc(Cl)ccc2O1. The number of amides is 2. The summed E-state index contributed by atoms with van der Waals surface area (Å²) in [6.07, 6.45) is 3.50. The Kier molecular flexibility index (Phi) is 5.73. The van der Waals surface area contributed by atoms with Crippen molar-refractivity contribution in [3.63, 3.8) is 0 Å². The molecule has 6 nitrogen and oxygen atoms in total. The topological polar surface area (TPSA) is 71.5 Å². The molecule has 26 heavy (non-hydrogen) atoms. The number of halogens is 1. The Hall–Kier alpha value is -2.60. The van der Waals surface area contributed by atoms with Crippen molar-refractivity contribution in [3.8, 4) is 5.75 Å². The summed E-state index contributed by atoms with van der Waals surface area (Å²) in [4.78, 5) is 30.3. The third-order valence-corrected chi connectivity index (χ3v) is 4.29. The zero-order chi connectivity index (χ0) is 18.5. The minimum Gasteiger partial charge on any atom is -0.487 e. The Morgan fingerprint density at radius 3 is 2.96 bits per heavy atom. The fraction of sp³-hybridized carbons (Fsp3) is 0.316. The van der Waals surface area contributed by atoms with E-state index in [2.05, 4.69) is 10.3 Å². The largest absolute Gasteiger partial charge is 0.487 e. The van der Waals surface area contributed by atoms with Gasteiger partial charge in [-0.25, -0.2) is 0 Å². The Balaban J connectivity index is 1.56. The molecule has 0 radical (unpaired) electrons. The van der Waals surface area contributed by atoms with Gasteiger partial charge in [0.25, 0.3) is 0 Å². The highest BCUT2D eigenvalue weighted by Gasteiger charge is 2.27. The zero-order valence-electron chi connectivity index (χ0n) is 14.4. The molecule has 1 aliphatic rings. The summed E-state index contributed by atoms with van der Waals surface area (Å²) in [6.45, 7) is 2.73. The predicted octanol–water partition coefficient (Wildman–Crippen LogP) is 2.95. The molecule has 0 unspecified atom stereocenters. The van der Waals surface area contributed by atoms with Crippen LogP contribution in [0.1, 0.15) is 25.3 Å². The van der Waals surface area contributed by atoms with Gasteiger partial charge >= 0.3 is 0 Å². The van der Waals surface area contributed by atoms with Crippen molar-refractivity contribution in [2.45, 2.75) is 32.4 Å². The number of nitrogens with one attached hydrogen (secondary N) is 1. The van der Waals surface area contributed by atoms with Crippen LogP contribution in [0.2, 0.25) is 5.02 Å². The van der Waals surface area contributed by atoms with Gasteiger partial charge in [0.15, 0.2) is 0 Å². The number of anilines is 1. The summed E-state index contributed by atoms with van der Waals surface area (Å²) in [5.74, 6) is 0.331. The third kappa shape index (κ3) is 4.52. The van der Waals surface area contributed by atoms with Crippen molar-refractivity contribution in [1.82, 2.24) is 10.3 Å². The Morgan fingerprint density at radius 2 is 2.19 bits per heavy atom. The van der Waals surface area contributed by atoms with E-state index in [0.29, 0.717) is 29.5 Å². The summed E-state index contributed by atoms with van der Waals surface area (Å²) in [5, 5.41) is 3.33. The lowest BCUT2D eigenvalue weighted by atomic mass is 10.1. The van der Waals surface area contributed by atoms with Crippen molar-refractivity contribution in [2.75, 3.05) is 11.4 Å². The highest BCUT2D eigenvalue weighted by Crippen LogP contribution is 2.36. The number of pyridine rings is 1. The first-order chi connectivity index (χ1) is 12.5. The molecule has 0 aliphatic carbocycles. The first-order valence-electron chi connectivity index (χ1n) is 8.45. The second kappa shape index (κ2) is 8.19. The van der Waals surface area contributed by atoms with Gasteiger partial charge in [0, 0.05) is 36.8 Å². The lowest BCUT2D eigenvalue weighted by molar-refractivity contribution is -0.125. The molecule has 136 valence electrons. The molecule has 1 aliphatic heterocycles. The van der Waals surface area contributed by atoms with Crippen molar-refractivity contribution < 1.29 is 14.3 Å². The van der Waals surface area contributed by atoms with E-state index >= 15 is 0 Å². The molecule has 7 heteroatoms. The van der Waals surface area contributed by atoms with Crippen molar-refractivity contribution in [3.05, 3.63) is 53.3 Å². The van der Waals surface area contributed by atoms with Crippen LogP contribution in [0.25, 0.3) is 0 Å². The number of carbonyl (C=O) groups excluding carboxylic acids is 2. The summed E-state index contributed by atoms with van der Waals surface area (Å²) in [5.41, 5.74) is 1.56. The Bertz CT molecular complexity index is 798. The van der Waals surface area contributed by atoms with Gasteiger partial charge in [-0.3, -0.25) is 14.6 Å². The fourth-order valence-electron chi connectivity index (χ4n) is 2.79.